The third kappa shape index (κ3) is 3.96. The smallest absolute Gasteiger partial charge is 0.324 e. The van der Waals surface area contributed by atoms with Crippen molar-refractivity contribution >= 4 is 17.7 Å². The highest BCUT2D eigenvalue weighted by atomic mass is 32.2. The zero-order valence-corrected chi connectivity index (χ0v) is 12.7. The summed E-state index contributed by atoms with van der Waals surface area (Å²) >= 11 is 1.07. The molecular formula is C12H16N2O6S. The molecule has 2 heterocycles. The minimum absolute atomic E-state index is 0.306. The summed E-state index contributed by atoms with van der Waals surface area (Å²) in [5.74, 6) is 0.194. The van der Waals surface area contributed by atoms with Crippen LogP contribution in [0.2, 0.25) is 0 Å². The molecule has 1 unspecified atom stereocenters. The first-order valence-electron chi connectivity index (χ1n) is 6.12. The fourth-order valence-corrected chi connectivity index (χ4v) is 2.61. The van der Waals surface area contributed by atoms with E-state index in [-0.39, 0.29) is 0 Å². The molecule has 0 aromatic carbocycles. The van der Waals surface area contributed by atoms with Crippen LogP contribution in [0, 0.1) is 0 Å². The van der Waals surface area contributed by atoms with Crippen molar-refractivity contribution in [1.82, 2.24) is 9.97 Å². The van der Waals surface area contributed by atoms with Gasteiger partial charge in [0.25, 0.3) is 0 Å². The van der Waals surface area contributed by atoms with Crippen LogP contribution in [0.25, 0.3) is 0 Å². The molecule has 1 aliphatic heterocycles. The summed E-state index contributed by atoms with van der Waals surface area (Å²) < 4.78 is 25.6. The number of ether oxygens (including phenoxy) is 5. The Bertz CT molecular complexity index is 472. The van der Waals surface area contributed by atoms with Gasteiger partial charge in [-0.05, 0) is 0 Å². The van der Waals surface area contributed by atoms with Crippen molar-refractivity contribution in [3.63, 3.8) is 0 Å². The standard InChI is InChI=1S/C12H16N2O6S/c1-16-7-6-8(17-2)14-12(13-7)21-9(10(15)18-3)11-19-4-5-20-11/h6,9,11H,4-5H2,1-3H3. The maximum Gasteiger partial charge on any atom is 0.324 e. The van der Waals surface area contributed by atoms with Crippen molar-refractivity contribution in [2.75, 3.05) is 34.5 Å². The SMILES string of the molecule is COC(=O)C(Sc1nc(OC)cc(OC)n1)C1OCCO1. The largest absolute Gasteiger partial charge is 0.481 e. The second-order valence-electron chi connectivity index (χ2n) is 3.91. The van der Waals surface area contributed by atoms with E-state index in [2.05, 4.69) is 9.97 Å². The van der Waals surface area contributed by atoms with Crippen LogP contribution in [0.3, 0.4) is 0 Å². The van der Waals surface area contributed by atoms with E-state index in [9.17, 15) is 4.79 Å². The summed E-state index contributed by atoms with van der Waals surface area (Å²) in [6, 6.07) is 1.54. The molecule has 0 saturated carbocycles. The van der Waals surface area contributed by atoms with E-state index in [1.165, 1.54) is 21.3 Å². The highest BCUT2D eigenvalue weighted by Crippen LogP contribution is 2.30. The molecule has 1 fully saturated rings. The maximum absolute atomic E-state index is 11.9. The third-order valence-electron chi connectivity index (χ3n) is 2.64. The van der Waals surface area contributed by atoms with Crippen molar-refractivity contribution in [3.05, 3.63) is 6.07 Å². The Morgan fingerprint density at radius 3 is 2.29 bits per heavy atom. The van der Waals surface area contributed by atoms with Gasteiger partial charge in [0.15, 0.2) is 16.7 Å². The Kier molecular flexibility index (Phi) is 5.59. The molecule has 9 heteroatoms. The van der Waals surface area contributed by atoms with Gasteiger partial charge in [-0.1, -0.05) is 11.8 Å². The molecule has 1 saturated heterocycles. The molecule has 1 aromatic rings. The number of carbonyl (C=O) groups excluding carboxylic acids is 1. The first-order valence-corrected chi connectivity index (χ1v) is 7.00. The number of hydrogen-bond donors (Lipinski definition) is 0. The van der Waals surface area contributed by atoms with Crippen molar-refractivity contribution < 1.29 is 28.5 Å². The Morgan fingerprint density at radius 1 is 1.24 bits per heavy atom. The first kappa shape index (κ1) is 15.8. The number of rotatable bonds is 6. The van der Waals surface area contributed by atoms with E-state index in [1.807, 2.05) is 0 Å². The van der Waals surface area contributed by atoms with E-state index < -0.39 is 17.5 Å². The third-order valence-corrected chi connectivity index (χ3v) is 3.70. The molecule has 1 atom stereocenters. The number of hydrogen-bond acceptors (Lipinski definition) is 9. The van der Waals surface area contributed by atoms with E-state index in [4.69, 9.17) is 23.7 Å². The van der Waals surface area contributed by atoms with Crippen LogP contribution in [0.1, 0.15) is 0 Å². The highest BCUT2D eigenvalue weighted by Gasteiger charge is 2.35. The van der Waals surface area contributed by atoms with Gasteiger partial charge in [0, 0.05) is 0 Å². The Labute approximate surface area is 126 Å². The number of methoxy groups -OCH3 is 3. The van der Waals surface area contributed by atoms with Crippen molar-refractivity contribution in [1.29, 1.82) is 0 Å². The maximum atomic E-state index is 11.9. The first-order chi connectivity index (χ1) is 10.2. The minimum Gasteiger partial charge on any atom is -0.481 e. The quantitative estimate of drug-likeness (QED) is 0.423. The summed E-state index contributed by atoms with van der Waals surface area (Å²) in [4.78, 5) is 20.2. The molecule has 0 N–H and O–H groups in total. The number of carbonyl (C=O) groups is 1. The second kappa shape index (κ2) is 7.43. The van der Waals surface area contributed by atoms with Gasteiger partial charge in [0.2, 0.25) is 11.8 Å². The lowest BCUT2D eigenvalue weighted by atomic mass is 10.4. The van der Waals surface area contributed by atoms with Crippen molar-refractivity contribution in [2.24, 2.45) is 0 Å². The zero-order chi connectivity index (χ0) is 15.2. The number of thioether (sulfide) groups is 1. The Hall–Kier alpha value is -1.58. The monoisotopic (exact) mass is 316 g/mol. The highest BCUT2D eigenvalue weighted by molar-refractivity contribution is 8.00. The van der Waals surface area contributed by atoms with E-state index >= 15 is 0 Å². The van der Waals surface area contributed by atoms with Crippen LogP contribution in [0.5, 0.6) is 11.8 Å². The van der Waals surface area contributed by atoms with E-state index in [1.54, 1.807) is 6.07 Å². The minimum atomic E-state index is -0.727. The molecule has 21 heavy (non-hydrogen) atoms. The molecule has 0 amide bonds. The number of esters is 1. The summed E-state index contributed by atoms with van der Waals surface area (Å²) in [6.07, 6.45) is -0.691. The van der Waals surface area contributed by atoms with Gasteiger partial charge < -0.3 is 23.7 Å². The molecule has 2 rings (SSSR count). The van der Waals surface area contributed by atoms with Crippen LogP contribution in [0.15, 0.2) is 11.2 Å². The molecular weight excluding hydrogens is 300 g/mol. The predicted molar refractivity (Wildman–Crippen MR) is 72.5 cm³/mol. The van der Waals surface area contributed by atoms with Crippen LogP contribution in [-0.4, -0.2) is 62.0 Å². The summed E-state index contributed by atoms with van der Waals surface area (Å²) in [6.45, 7) is 0.863. The molecule has 8 nitrogen and oxygen atoms in total. The molecule has 0 spiro atoms. The fraction of sp³-hybridized carbons (Fsp3) is 0.583. The lowest BCUT2D eigenvalue weighted by molar-refractivity contribution is -0.147. The lowest BCUT2D eigenvalue weighted by Gasteiger charge is -2.18. The van der Waals surface area contributed by atoms with Crippen LogP contribution in [-0.2, 0) is 19.0 Å². The van der Waals surface area contributed by atoms with Gasteiger partial charge in [-0.3, -0.25) is 4.79 Å². The van der Waals surface area contributed by atoms with Gasteiger partial charge in [0.1, 0.15) is 0 Å². The topological polar surface area (TPSA) is 89.0 Å². The van der Waals surface area contributed by atoms with Crippen LogP contribution < -0.4 is 9.47 Å². The molecule has 0 bridgehead atoms. The average molecular weight is 316 g/mol. The van der Waals surface area contributed by atoms with Crippen LogP contribution in [0.4, 0.5) is 0 Å². The summed E-state index contributed by atoms with van der Waals surface area (Å²) in [7, 11) is 4.27. The molecule has 116 valence electrons. The average Bonchev–Trinajstić information content (AvgIpc) is 3.05. The lowest BCUT2D eigenvalue weighted by Crippen LogP contribution is -2.33. The van der Waals surface area contributed by atoms with E-state index in [0.717, 1.165) is 11.8 Å². The predicted octanol–water partition coefficient (Wildman–Crippen LogP) is 0.500. The van der Waals surface area contributed by atoms with Gasteiger partial charge in [0.05, 0.1) is 40.6 Å². The molecule has 0 aliphatic carbocycles. The Morgan fingerprint density at radius 2 is 1.81 bits per heavy atom. The molecule has 0 radical (unpaired) electrons. The van der Waals surface area contributed by atoms with Gasteiger partial charge in [-0.25, -0.2) is 0 Å². The zero-order valence-electron chi connectivity index (χ0n) is 11.9. The summed E-state index contributed by atoms with van der Waals surface area (Å²) in [5, 5.41) is -0.421. The molecule has 1 aliphatic rings. The normalized spacial score (nSPS) is 16.5. The number of aromatic nitrogens is 2. The van der Waals surface area contributed by atoms with Crippen molar-refractivity contribution in [3.8, 4) is 11.8 Å². The number of nitrogens with zero attached hydrogens (tertiary/aromatic N) is 2. The fourth-order valence-electron chi connectivity index (χ4n) is 1.64. The Balaban J connectivity index is 2.20. The summed E-state index contributed by atoms with van der Waals surface area (Å²) in [5.41, 5.74) is 0. The van der Waals surface area contributed by atoms with Gasteiger partial charge in [-0.2, -0.15) is 9.97 Å². The van der Waals surface area contributed by atoms with Crippen molar-refractivity contribution in [2.45, 2.75) is 16.7 Å². The van der Waals surface area contributed by atoms with Gasteiger partial charge >= 0.3 is 5.97 Å². The molecule has 1 aromatic heterocycles. The van der Waals surface area contributed by atoms with Crippen LogP contribution >= 0.6 is 11.8 Å². The van der Waals surface area contributed by atoms with Gasteiger partial charge in [-0.15, -0.1) is 0 Å². The van der Waals surface area contributed by atoms with E-state index in [0.29, 0.717) is 30.1 Å². The second-order valence-corrected chi connectivity index (χ2v) is 5.02.